The SMILES string of the molecule is CC(C)Cn1c(S[C@@H](C)C(=O)Nc2ccc(Cl)cc2)nc2ccccc2c1=O. The number of thioether (sulfide) groups is 1. The van der Waals surface area contributed by atoms with Gasteiger partial charge in [-0.1, -0.05) is 49.3 Å². The molecule has 3 aromatic rings. The van der Waals surface area contributed by atoms with Crippen molar-refractivity contribution in [2.75, 3.05) is 5.32 Å². The lowest BCUT2D eigenvalue weighted by Gasteiger charge is -2.17. The van der Waals surface area contributed by atoms with Gasteiger partial charge < -0.3 is 5.32 Å². The Bertz CT molecular complexity index is 1050. The fourth-order valence-electron chi connectivity index (χ4n) is 2.75. The minimum atomic E-state index is -0.429. The van der Waals surface area contributed by atoms with Crippen molar-refractivity contribution in [2.45, 2.75) is 37.7 Å². The van der Waals surface area contributed by atoms with E-state index >= 15 is 0 Å². The van der Waals surface area contributed by atoms with Crippen LogP contribution in [-0.2, 0) is 11.3 Å². The summed E-state index contributed by atoms with van der Waals surface area (Å²) in [7, 11) is 0. The van der Waals surface area contributed by atoms with Crippen LogP contribution in [0.3, 0.4) is 0 Å². The average molecular weight is 416 g/mol. The zero-order valence-corrected chi connectivity index (χ0v) is 17.6. The van der Waals surface area contributed by atoms with Gasteiger partial charge in [-0.3, -0.25) is 14.2 Å². The molecule has 2 aromatic carbocycles. The van der Waals surface area contributed by atoms with E-state index in [0.29, 0.717) is 33.3 Å². The first-order chi connectivity index (χ1) is 13.3. The number of rotatable bonds is 6. The fraction of sp³-hybridized carbons (Fsp3) is 0.286. The number of carbonyl (C=O) groups is 1. The third-order valence-corrected chi connectivity index (χ3v) is 5.48. The Morgan fingerprint density at radius 2 is 1.82 bits per heavy atom. The minimum absolute atomic E-state index is 0.0768. The van der Waals surface area contributed by atoms with Crippen LogP contribution < -0.4 is 10.9 Å². The number of nitrogens with one attached hydrogen (secondary N) is 1. The number of aromatic nitrogens is 2. The minimum Gasteiger partial charge on any atom is -0.325 e. The lowest BCUT2D eigenvalue weighted by atomic mass is 10.2. The zero-order chi connectivity index (χ0) is 20.3. The second-order valence-corrected chi connectivity index (χ2v) is 8.72. The van der Waals surface area contributed by atoms with Crippen molar-refractivity contribution < 1.29 is 4.79 Å². The normalized spacial score (nSPS) is 12.3. The summed E-state index contributed by atoms with van der Waals surface area (Å²) in [4.78, 5) is 30.2. The van der Waals surface area contributed by atoms with Crippen molar-refractivity contribution in [3.63, 3.8) is 0 Å². The van der Waals surface area contributed by atoms with Crippen LogP contribution in [0.2, 0.25) is 5.02 Å². The molecule has 146 valence electrons. The largest absolute Gasteiger partial charge is 0.325 e. The summed E-state index contributed by atoms with van der Waals surface area (Å²) in [5.41, 5.74) is 1.24. The first-order valence-corrected chi connectivity index (χ1v) is 10.3. The highest BCUT2D eigenvalue weighted by Crippen LogP contribution is 2.24. The van der Waals surface area contributed by atoms with Gasteiger partial charge in [0.15, 0.2) is 5.16 Å². The molecule has 1 aromatic heterocycles. The molecule has 0 aliphatic carbocycles. The molecule has 0 aliphatic rings. The fourth-order valence-corrected chi connectivity index (χ4v) is 3.80. The van der Waals surface area contributed by atoms with Gasteiger partial charge in [-0.15, -0.1) is 0 Å². The average Bonchev–Trinajstić information content (AvgIpc) is 2.66. The Kier molecular flexibility index (Phi) is 6.42. The molecular weight excluding hydrogens is 394 g/mol. The van der Waals surface area contributed by atoms with E-state index in [9.17, 15) is 9.59 Å². The number of benzene rings is 2. The molecule has 0 spiro atoms. The predicted octanol–water partition coefficient (Wildman–Crippen LogP) is 4.83. The Balaban J connectivity index is 1.88. The molecule has 0 saturated heterocycles. The maximum atomic E-state index is 13.0. The van der Waals surface area contributed by atoms with Crippen molar-refractivity contribution in [1.82, 2.24) is 9.55 Å². The highest BCUT2D eigenvalue weighted by Gasteiger charge is 2.20. The van der Waals surface area contributed by atoms with E-state index in [1.54, 1.807) is 41.8 Å². The summed E-state index contributed by atoms with van der Waals surface area (Å²) >= 11 is 7.17. The van der Waals surface area contributed by atoms with Crippen molar-refractivity contribution in [3.05, 3.63) is 63.9 Å². The molecule has 0 radical (unpaired) electrons. The van der Waals surface area contributed by atoms with Gasteiger partial charge in [-0.25, -0.2) is 4.98 Å². The zero-order valence-electron chi connectivity index (χ0n) is 16.0. The first kappa shape index (κ1) is 20.4. The van der Waals surface area contributed by atoms with Gasteiger partial charge in [-0.2, -0.15) is 0 Å². The Morgan fingerprint density at radius 1 is 1.14 bits per heavy atom. The van der Waals surface area contributed by atoms with Crippen molar-refractivity contribution in [1.29, 1.82) is 0 Å². The molecule has 5 nitrogen and oxygen atoms in total. The summed E-state index contributed by atoms with van der Waals surface area (Å²) < 4.78 is 1.67. The number of amides is 1. The smallest absolute Gasteiger partial charge is 0.262 e. The summed E-state index contributed by atoms with van der Waals surface area (Å²) in [6, 6.07) is 14.2. The van der Waals surface area contributed by atoms with E-state index in [1.165, 1.54) is 11.8 Å². The van der Waals surface area contributed by atoms with E-state index < -0.39 is 5.25 Å². The van der Waals surface area contributed by atoms with Gasteiger partial charge in [-0.05, 0) is 49.2 Å². The maximum Gasteiger partial charge on any atom is 0.262 e. The third kappa shape index (κ3) is 4.75. The van der Waals surface area contributed by atoms with E-state index in [1.807, 2.05) is 32.0 Å². The van der Waals surface area contributed by atoms with Gasteiger partial charge in [0, 0.05) is 17.3 Å². The van der Waals surface area contributed by atoms with Gasteiger partial charge in [0.1, 0.15) is 0 Å². The van der Waals surface area contributed by atoms with E-state index in [4.69, 9.17) is 11.6 Å². The number of para-hydroxylation sites is 1. The quantitative estimate of drug-likeness (QED) is 0.462. The van der Waals surface area contributed by atoms with Crippen molar-refractivity contribution >= 4 is 45.9 Å². The second-order valence-electron chi connectivity index (χ2n) is 6.98. The summed E-state index contributed by atoms with van der Waals surface area (Å²) in [6.07, 6.45) is 0. The van der Waals surface area contributed by atoms with Crippen LogP contribution in [0.25, 0.3) is 10.9 Å². The molecule has 0 saturated carbocycles. The standard InChI is InChI=1S/C21H22ClN3O2S/c1-13(2)12-25-20(27)17-6-4-5-7-18(17)24-21(25)28-14(3)19(26)23-16-10-8-15(22)9-11-16/h4-11,13-14H,12H2,1-3H3,(H,23,26)/t14-/m0/s1. The van der Waals surface area contributed by atoms with E-state index in [2.05, 4.69) is 10.3 Å². The van der Waals surface area contributed by atoms with Gasteiger partial charge >= 0.3 is 0 Å². The molecule has 28 heavy (non-hydrogen) atoms. The summed E-state index contributed by atoms with van der Waals surface area (Å²) in [5, 5.41) is 4.19. The van der Waals surface area contributed by atoms with Crippen LogP contribution in [0.5, 0.6) is 0 Å². The predicted molar refractivity (Wildman–Crippen MR) is 116 cm³/mol. The number of fused-ring (bicyclic) bond motifs is 1. The molecule has 0 bridgehead atoms. The number of nitrogens with zero attached hydrogens (tertiary/aromatic N) is 2. The molecule has 0 fully saturated rings. The van der Waals surface area contributed by atoms with Crippen LogP contribution in [0.1, 0.15) is 20.8 Å². The molecule has 0 unspecified atom stereocenters. The number of halogens is 1. The first-order valence-electron chi connectivity index (χ1n) is 9.08. The van der Waals surface area contributed by atoms with Crippen LogP contribution in [0.4, 0.5) is 5.69 Å². The Morgan fingerprint density at radius 3 is 2.50 bits per heavy atom. The summed E-state index contributed by atoms with van der Waals surface area (Å²) in [5.74, 6) is 0.115. The number of anilines is 1. The lowest BCUT2D eigenvalue weighted by Crippen LogP contribution is -2.28. The number of hydrogen-bond donors (Lipinski definition) is 1. The highest BCUT2D eigenvalue weighted by atomic mass is 35.5. The molecule has 3 rings (SSSR count). The molecular formula is C21H22ClN3O2S. The lowest BCUT2D eigenvalue weighted by molar-refractivity contribution is -0.115. The monoisotopic (exact) mass is 415 g/mol. The van der Waals surface area contributed by atoms with E-state index in [0.717, 1.165) is 0 Å². The van der Waals surface area contributed by atoms with Crippen LogP contribution in [-0.4, -0.2) is 20.7 Å². The maximum absolute atomic E-state index is 13.0. The van der Waals surface area contributed by atoms with Crippen LogP contribution in [0.15, 0.2) is 58.5 Å². The van der Waals surface area contributed by atoms with Crippen molar-refractivity contribution in [3.8, 4) is 0 Å². The van der Waals surface area contributed by atoms with Gasteiger partial charge in [0.05, 0.1) is 16.2 Å². The molecule has 7 heteroatoms. The highest BCUT2D eigenvalue weighted by molar-refractivity contribution is 8.00. The third-order valence-electron chi connectivity index (χ3n) is 4.14. The number of hydrogen-bond acceptors (Lipinski definition) is 4. The van der Waals surface area contributed by atoms with Gasteiger partial charge in [0.2, 0.25) is 5.91 Å². The summed E-state index contributed by atoms with van der Waals surface area (Å²) in [6.45, 7) is 6.45. The van der Waals surface area contributed by atoms with E-state index in [-0.39, 0.29) is 17.4 Å². The Hall–Kier alpha value is -2.31. The van der Waals surface area contributed by atoms with Crippen LogP contribution in [0, 0.1) is 5.92 Å². The molecule has 1 N–H and O–H groups in total. The Labute approximate surface area is 173 Å². The molecule has 0 aliphatic heterocycles. The topological polar surface area (TPSA) is 64.0 Å². The van der Waals surface area contributed by atoms with Gasteiger partial charge in [0.25, 0.3) is 5.56 Å². The number of carbonyl (C=O) groups excluding carboxylic acids is 1. The second kappa shape index (κ2) is 8.80. The molecule has 1 heterocycles. The van der Waals surface area contributed by atoms with Crippen LogP contribution >= 0.6 is 23.4 Å². The van der Waals surface area contributed by atoms with Crippen molar-refractivity contribution in [2.24, 2.45) is 5.92 Å². The molecule has 1 amide bonds. The molecule has 1 atom stereocenters.